The number of hydrogen-bond donors (Lipinski definition) is 2. The number of nitrogens with one attached hydrogen (secondary N) is 2. The van der Waals surface area contributed by atoms with Crippen molar-refractivity contribution >= 4 is 17.6 Å². The molecule has 3 rings (SSSR count). The fraction of sp³-hybridized carbons (Fsp3) is 0.182. The molecule has 0 radical (unpaired) electrons. The number of methoxy groups -OCH3 is 1. The summed E-state index contributed by atoms with van der Waals surface area (Å²) in [5, 5.41) is 5.46. The summed E-state index contributed by atoms with van der Waals surface area (Å²) in [6, 6.07) is 8.66. The summed E-state index contributed by atoms with van der Waals surface area (Å²) < 4.78 is 32.5. The van der Waals surface area contributed by atoms with Crippen molar-refractivity contribution in [3.8, 4) is 5.75 Å². The molecule has 3 amide bonds. The van der Waals surface area contributed by atoms with Crippen molar-refractivity contribution in [2.24, 2.45) is 0 Å². The summed E-state index contributed by atoms with van der Waals surface area (Å²) >= 11 is 0. The molecule has 0 unspecified atom stereocenters. The van der Waals surface area contributed by atoms with Crippen LogP contribution in [0.15, 0.2) is 66.4 Å². The lowest BCUT2D eigenvalue weighted by atomic mass is 9.94. The number of para-hydroxylation sites is 2. The lowest BCUT2D eigenvalue weighted by Gasteiger charge is -2.35. The fourth-order valence-electron chi connectivity index (χ4n) is 3.30. The highest BCUT2D eigenvalue weighted by Gasteiger charge is 2.35. The molecule has 0 aromatic heterocycles. The monoisotopic (exact) mass is 413 g/mol. The SMILES string of the molecule is C=CCN1C(=O)N[C@H](c2ccc(F)c(F)c2)C(C(=O)Nc2ccccc2OC)=C1C. The van der Waals surface area contributed by atoms with Gasteiger partial charge in [-0.15, -0.1) is 6.58 Å². The Balaban J connectivity index is 2.07. The maximum Gasteiger partial charge on any atom is 0.322 e. The molecule has 30 heavy (non-hydrogen) atoms. The van der Waals surface area contributed by atoms with Crippen molar-refractivity contribution in [2.75, 3.05) is 19.0 Å². The van der Waals surface area contributed by atoms with Gasteiger partial charge in [0, 0.05) is 12.2 Å². The van der Waals surface area contributed by atoms with Crippen LogP contribution in [0.1, 0.15) is 18.5 Å². The molecule has 0 bridgehead atoms. The predicted molar refractivity (Wildman–Crippen MR) is 109 cm³/mol. The number of urea groups is 1. The molecule has 0 spiro atoms. The summed E-state index contributed by atoms with van der Waals surface area (Å²) in [6.45, 7) is 5.42. The first-order chi connectivity index (χ1) is 14.4. The lowest BCUT2D eigenvalue weighted by Crippen LogP contribution is -2.48. The van der Waals surface area contributed by atoms with Gasteiger partial charge in [0.25, 0.3) is 5.91 Å². The number of benzene rings is 2. The minimum Gasteiger partial charge on any atom is -0.495 e. The molecule has 2 aromatic carbocycles. The second-order valence-corrected chi connectivity index (χ2v) is 6.61. The zero-order valence-corrected chi connectivity index (χ0v) is 16.5. The van der Waals surface area contributed by atoms with Crippen LogP contribution in [0.25, 0.3) is 0 Å². The number of anilines is 1. The Hall–Kier alpha value is -3.68. The summed E-state index contributed by atoms with van der Waals surface area (Å²) in [6.07, 6.45) is 1.52. The van der Waals surface area contributed by atoms with E-state index in [0.717, 1.165) is 12.1 Å². The molecule has 2 aromatic rings. The minimum absolute atomic E-state index is 0.174. The Morgan fingerprint density at radius 2 is 2.00 bits per heavy atom. The fourth-order valence-corrected chi connectivity index (χ4v) is 3.30. The molecule has 0 fully saturated rings. The average Bonchev–Trinajstić information content (AvgIpc) is 2.73. The third-order valence-corrected chi connectivity index (χ3v) is 4.78. The molecule has 1 aliphatic heterocycles. The molecule has 1 atom stereocenters. The molecule has 0 saturated carbocycles. The summed E-state index contributed by atoms with van der Waals surface area (Å²) in [5.74, 6) is -2.15. The van der Waals surface area contributed by atoms with Crippen LogP contribution in [0.3, 0.4) is 0 Å². The second kappa shape index (κ2) is 8.77. The van der Waals surface area contributed by atoms with Gasteiger partial charge in [-0.05, 0) is 36.8 Å². The number of carbonyl (C=O) groups excluding carboxylic acids is 2. The molecule has 1 heterocycles. The van der Waals surface area contributed by atoms with Crippen molar-refractivity contribution in [3.63, 3.8) is 0 Å². The molecule has 0 saturated heterocycles. The van der Waals surface area contributed by atoms with Gasteiger partial charge in [-0.2, -0.15) is 0 Å². The summed E-state index contributed by atoms with van der Waals surface area (Å²) in [5.41, 5.74) is 1.24. The Morgan fingerprint density at radius 1 is 1.27 bits per heavy atom. The third kappa shape index (κ3) is 4.03. The van der Waals surface area contributed by atoms with Crippen LogP contribution < -0.4 is 15.4 Å². The Bertz CT molecular complexity index is 1040. The first-order valence-corrected chi connectivity index (χ1v) is 9.16. The molecular weight excluding hydrogens is 392 g/mol. The van der Waals surface area contributed by atoms with Gasteiger partial charge in [-0.3, -0.25) is 9.69 Å². The number of allylic oxidation sites excluding steroid dienone is 1. The molecule has 0 aliphatic carbocycles. The van der Waals surface area contributed by atoms with Gasteiger partial charge in [-0.25, -0.2) is 13.6 Å². The van der Waals surface area contributed by atoms with Crippen molar-refractivity contribution in [1.82, 2.24) is 10.2 Å². The Labute approximate surface area is 172 Å². The van der Waals surface area contributed by atoms with Crippen LogP contribution in [0.5, 0.6) is 5.75 Å². The largest absolute Gasteiger partial charge is 0.495 e. The van der Waals surface area contributed by atoms with Crippen molar-refractivity contribution in [1.29, 1.82) is 0 Å². The molecule has 2 N–H and O–H groups in total. The van der Waals surface area contributed by atoms with E-state index in [1.54, 1.807) is 31.2 Å². The number of amides is 3. The zero-order chi connectivity index (χ0) is 21.8. The Kier molecular flexibility index (Phi) is 6.15. The number of nitrogens with zero attached hydrogens (tertiary/aromatic N) is 1. The van der Waals surface area contributed by atoms with Gasteiger partial charge in [-0.1, -0.05) is 24.3 Å². The van der Waals surface area contributed by atoms with Crippen LogP contribution in [0.2, 0.25) is 0 Å². The van der Waals surface area contributed by atoms with Gasteiger partial charge >= 0.3 is 6.03 Å². The number of hydrogen-bond acceptors (Lipinski definition) is 3. The van der Waals surface area contributed by atoms with E-state index in [0.29, 0.717) is 17.1 Å². The second-order valence-electron chi connectivity index (χ2n) is 6.61. The van der Waals surface area contributed by atoms with Crippen LogP contribution in [0, 0.1) is 11.6 Å². The maximum atomic E-state index is 13.9. The quantitative estimate of drug-likeness (QED) is 0.700. The van der Waals surface area contributed by atoms with E-state index in [1.165, 1.54) is 24.2 Å². The van der Waals surface area contributed by atoms with Gasteiger partial charge in [0.1, 0.15) is 5.75 Å². The van der Waals surface area contributed by atoms with Crippen LogP contribution >= 0.6 is 0 Å². The molecule has 8 heteroatoms. The van der Waals surface area contributed by atoms with Crippen LogP contribution in [0.4, 0.5) is 19.3 Å². The summed E-state index contributed by atoms with van der Waals surface area (Å²) in [7, 11) is 1.48. The van der Waals surface area contributed by atoms with Gasteiger partial charge < -0.3 is 15.4 Å². The predicted octanol–water partition coefficient (Wildman–Crippen LogP) is 4.14. The van der Waals surface area contributed by atoms with Crippen LogP contribution in [-0.2, 0) is 4.79 Å². The Morgan fingerprint density at radius 3 is 2.67 bits per heavy atom. The van der Waals surface area contributed by atoms with E-state index in [9.17, 15) is 18.4 Å². The smallest absolute Gasteiger partial charge is 0.322 e. The highest BCUT2D eigenvalue weighted by Crippen LogP contribution is 2.33. The van der Waals surface area contributed by atoms with E-state index < -0.39 is 29.6 Å². The molecular formula is C22H21F2N3O3. The summed E-state index contributed by atoms with van der Waals surface area (Å²) in [4.78, 5) is 27.2. The number of ether oxygens (including phenoxy) is 1. The van der Waals surface area contributed by atoms with Gasteiger partial charge in [0.05, 0.1) is 24.4 Å². The molecule has 6 nitrogen and oxygen atoms in total. The number of carbonyl (C=O) groups is 2. The van der Waals surface area contributed by atoms with Crippen molar-refractivity contribution in [2.45, 2.75) is 13.0 Å². The van der Waals surface area contributed by atoms with Crippen LogP contribution in [-0.4, -0.2) is 30.5 Å². The van der Waals surface area contributed by atoms with Gasteiger partial charge in [0.2, 0.25) is 0 Å². The van der Waals surface area contributed by atoms with E-state index in [4.69, 9.17) is 4.74 Å². The maximum absolute atomic E-state index is 13.9. The lowest BCUT2D eigenvalue weighted by molar-refractivity contribution is -0.113. The number of halogens is 2. The van der Waals surface area contributed by atoms with Crippen molar-refractivity contribution in [3.05, 3.63) is 83.6 Å². The zero-order valence-electron chi connectivity index (χ0n) is 16.5. The number of rotatable bonds is 6. The first kappa shape index (κ1) is 21.0. The van der Waals surface area contributed by atoms with Gasteiger partial charge in [0.15, 0.2) is 11.6 Å². The minimum atomic E-state index is -1.07. The highest BCUT2D eigenvalue weighted by molar-refractivity contribution is 6.07. The third-order valence-electron chi connectivity index (χ3n) is 4.78. The molecule has 156 valence electrons. The van der Waals surface area contributed by atoms with E-state index in [-0.39, 0.29) is 17.7 Å². The topological polar surface area (TPSA) is 70.7 Å². The normalized spacial score (nSPS) is 16.2. The van der Waals surface area contributed by atoms with E-state index in [2.05, 4.69) is 17.2 Å². The average molecular weight is 413 g/mol. The van der Waals surface area contributed by atoms with Crippen molar-refractivity contribution < 1.29 is 23.1 Å². The van der Waals surface area contributed by atoms with E-state index in [1.807, 2.05) is 0 Å². The van der Waals surface area contributed by atoms with E-state index >= 15 is 0 Å². The first-order valence-electron chi connectivity index (χ1n) is 9.16. The highest BCUT2D eigenvalue weighted by atomic mass is 19.2. The standard InChI is InChI=1S/C22H21F2N3O3/c1-4-11-27-13(2)19(21(28)25-17-7-5-6-8-18(17)30-3)20(26-22(27)29)14-9-10-15(23)16(24)12-14/h4-10,12,20H,1,11H2,2-3H3,(H,25,28)(H,26,29)/t20-/m1/s1. The molecule has 1 aliphatic rings.